The van der Waals surface area contributed by atoms with Gasteiger partial charge in [0.15, 0.2) is 0 Å². The molecule has 2 aromatic rings. The molecule has 1 aliphatic heterocycles. The van der Waals surface area contributed by atoms with Crippen LogP contribution < -0.4 is 4.90 Å². The standard InChI is InChI=1S/C14H16F3N5O/c1-10-19-20-13(23-10)9-21-4-6-22(7-5-21)12-3-2-11(8-18-12)14(15,16)17/h2-3,8H,4-7,9H2,1H3. The molecule has 1 fully saturated rings. The summed E-state index contributed by atoms with van der Waals surface area (Å²) in [5, 5.41) is 7.75. The first kappa shape index (κ1) is 15.7. The number of nitrogens with zero attached hydrogens (tertiary/aromatic N) is 5. The largest absolute Gasteiger partial charge is 0.424 e. The van der Waals surface area contributed by atoms with Gasteiger partial charge < -0.3 is 9.32 Å². The number of hydrogen-bond donors (Lipinski definition) is 0. The van der Waals surface area contributed by atoms with E-state index in [1.807, 2.05) is 4.90 Å². The molecule has 0 saturated carbocycles. The predicted molar refractivity (Wildman–Crippen MR) is 75.8 cm³/mol. The molecule has 0 amide bonds. The van der Waals surface area contributed by atoms with Crippen LogP contribution >= 0.6 is 0 Å². The van der Waals surface area contributed by atoms with Gasteiger partial charge in [0.2, 0.25) is 11.8 Å². The number of alkyl halides is 3. The van der Waals surface area contributed by atoms with Gasteiger partial charge in [0.05, 0.1) is 12.1 Å². The van der Waals surface area contributed by atoms with Crippen molar-refractivity contribution >= 4 is 5.82 Å². The number of piperazine rings is 1. The fourth-order valence-electron chi connectivity index (χ4n) is 2.47. The molecule has 1 aliphatic rings. The van der Waals surface area contributed by atoms with Crippen molar-refractivity contribution < 1.29 is 17.6 Å². The summed E-state index contributed by atoms with van der Waals surface area (Å²) < 4.78 is 43.0. The van der Waals surface area contributed by atoms with Crippen LogP contribution in [0.2, 0.25) is 0 Å². The molecule has 124 valence electrons. The van der Waals surface area contributed by atoms with E-state index >= 15 is 0 Å². The zero-order chi connectivity index (χ0) is 16.4. The Labute approximate surface area is 130 Å². The minimum atomic E-state index is -4.35. The molecule has 0 atom stereocenters. The third-order valence-corrected chi connectivity index (χ3v) is 3.70. The topological polar surface area (TPSA) is 58.3 Å². The van der Waals surface area contributed by atoms with Crippen LogP contribution in [-0.4, -0.2) is 46.3 Å². The molecular weight excluding hydrogens is 311 g/mol. The van der Waals surface area contributed by atoms with Crippen molar-refractivity contribution in [1.82, 2.24) is 20.1 Å². The SMILES string of the molecule is Cc1nnc(CN2CCN(c3ccc(C(F)(F)F)cn3)CC2)o1. The monoisotopic (exact) mass is 327 g/mol. The van der Waals surface area contributed by atoms with Crippen LogP contribution in [0.25, 0.3) is 0 Å². The van der Waals surface area contributed by atoms with E-state index < -0.39 is 11.7 Å². The average molecular weight is 327 g/mol. The minimum absolute atomic E-state index is 0.535. The molecule has 1 saturated heterocycles. The highest BCUT2D eigenvalue weighted by molar-refractivity contribution is 5.40. The molecule has 0 unspecified atom stereocenters. The van der Waals surface area contributed by atoms with Gasteiger partial charge in [-0.15, -0.1) is 10.2 Å². The molecule has 23 heavy (non-hydrogen) atoms. The molecule has 9 heteroatoms. The Morgan fingerprint density at radius 1 is 1.13 bits per heavy atom. The summed E-state index contributed by atoms with van der Waals surface area (Å²) in [4.78, 5) is 8.06. The number of aromatic nitrogens is 3. The lowest BCUT2D eigenvalue weighted by molar-refractivity contribution is -0.137. The van der Waals surface area contributed by atoms with E-state index in [4.69, 9.17) is 4.42 Å². The van der Waals surface area contributed by atoms with Crippen molar-refractivity contribution in [3.63, 3.8) is 0 Å². The quantitative estimate of drug-likeness (QED) is 0.861. The Bertz CT molecular complexity index is 647. The van der Waals surface area contributed by atoms with E-state index in [1.54, 1.807) is 6.92 Å². The third-order valence-electron chi connectivity index (χ3n) is 3.70. The number of rotatable bonds is 3. The number of halogens is 3. The molecule has 6 nitrogen and oxygen atoms in total. The zero-order valence-corrected chi connectivity index (χ0v) is 12.5. The smallest absolute Gasteiger partial charge is 0.417 e. The first-order chi connectivity index (χ1) is 10.9. The second-order valence-electron chi connectivity index (χ2n) is 5.38. The van der Waals surface area contributed by atoms with Crippen LogP contribution in [-0.2, 0) is 12.7 Å². The van der Waals surface area contributed by atoms with Gasteiger partial charge in [-0.2, -0.15) is 13.2 Å². The van der Waals surface area contributed by atoms with Crippen molar-refractivity contribution in [2.45, 2.75) is 19.6 Å². The Morgan fingerprint density at radius 2 is 1.87 bits per heavy atom. The summed E-state index contributed by atoms with van der Waals surface area (Å²) in [7, 11) is 0. The normalized spacial score (nSPS) is 16.8. The van der Waals surface area contributed by atoms with E-state index in [-0.39, 0.29) is 0 Å². The van der Waals surface area contributed by atoms with Gasteiger partial charge in [0.1, 0.15) is 5.82 Å². The predicted octanol–water partition coefficient (Wildman–Crippen LogP) is 2.11. The number of anilines is 1. The fraction of sp³-hybridized carbons (Fsp3) is 0.500. The summed E-state index contributed by atoms with van der Waals surface area (Å²) in [6.45, 7) is 5.20. The molecule has 0 aromatic carbocycles. The van der Waals surface area contributed by atoms with Crippen LogP contribution in [0, 0.1) is 6.92 Å². The lowest BCUT2D eigenvalue weighted by Crippen LogP contribution is -2.46. The number of hydrogen-bond acceptors (Lipinski definition) is 6. The Hall–Kier alpha value is -2.16. The summed E-state index contributed by atoms with van der Waals surface area (Å²) in [6, 6.07) is 2.48. The lowest BCUT2D eigenvalue weighted by Gasteiger charge is -2.34. The van der Waals surface area contributed by atoms with Crippen molar-refractivity contribution in [2.75, 3.05) is 31.1 Å². The first-order valence-electron chi connectivity index (χ1n) is 7.21. The van der Waals surface area contributed by atoms with E-state index in [1.165, 1.54) is 6.07 Å². The number of aryl methyl sites for hydroxylation is 1. The van der Waals surface area contributed by atoms with Crippen LogP contribution in [0.15, 0.2) is 22.7 Å². The molecule has 0 bridgehead atoms. The summed E-state index contributed by atoms with van der Waals surface area (Å²) in [6.07, 6.45) is -3.48. The molecule has 0 aliphatic carbocycles. The molecule has 0 radical (unpaired) electrons. The van der Waals surface area contributed by atoms with Gasteiger partial charge in [-0.25, -0.2) is 4.98 Å². The second kappa shape index (κ2) is 6.15. The first-order valence-corrected chi connectivity index (χ1v) is 7.21. The van der Waals surface area contributed by atoms with Gasteiger partial charge in [-0.1, -0.05) is 0 Å². The molecule has 3 heterocycles. The Balaban J connectivity index is 1.56. The Morgan fingerprint density at radius 3 is 2.39 bits per heavy atom. The maximum absolute atomic E-state index is 12.5. The van der Waals surface area contributed by atoms with Crippen molar-refractivity contribution in [3.05, 3.63) is 35.7 Å². The molecule has 3 rings (SSSR count). The van der Waals surface area contributed by atoms with Gasteiger partial charge in [0, 0.05) is 39.3 Å². The van der Waals surface area contributed by atoms with Gasteiger partial charge in [-0.3, -0.25) is 4.90 Å². The van der Waals surface area contributed by atoms with E-state index in [0.717, 1.165) is 25.4 Å². The van der Waals surface area contributed by atoms with Crippen LogP contribution in [0.3, 0.4) is 0 Å². The van der Waals surface area contributed by atoms with Crippen LogP contribution in [0.4, 0.5) is 19.0 Å². The summed E-state index contributed by atoms with van der Waals surface area (Å²) in [5.41, 5.74) is -0.730. The molecule has 2 aromatic heterocycles. The van der Waals surface area contributed by atoms with Crippen LogP contribution in [0.1, 0.15) is 17.3 Å². The minimum Gasteiger partial charge on any atom is -0.424 e. The lowest BCUT2D eigenvalue weighted by atomic mass is 10.2. The summed E-state index contributed by atoms with van der Waals surface area (Å²) >= 11 is 0. The third kappa shape index (κ3) is 3.79. The molecule has 0 spiro atoms. The molecule has 0 N–H and O–H groups in total. The zero-order valence-electron chi connectivity index (χ0n) is 12.5. The van der Waals surface area contributed by atoms with Crippen molar-refractivity contribution in [3.8, 4) is 0 Å². The van der Waals surface area contributed by atoms with Crippen molar-refractivity contribution in [2.24, 2.45) is 0 Å². The van der Waals surface area contributed by atoms with E-state index in [2.05, 4.69) is 20.1 Å². The highest BCUT2D eigenvalue weighted by atomic mass is 19.4. The van der Waals surface area contributed by atoms with Gasteiger partial charge in [-0.05, 0) is 12.1 Å². The fourth-order valence-corrected chi connectivity index (χ4v) is 2.47. The average Bonchev–Trinajstić information content (AvgIpc) is 2.92. The maximum Gasteiger partial charge on any atom is 0.417 e. The second-order valence-corrected chi connectivity index (χ2v) is 5.38. The summed E-state index contributed by atoms with van der Waals surface area (Å²) in [5.74, 6) is 1.67. The van der Waals surface area contributed by atoms with Crippen molar-refractivity contribution in [1.29, 1.82) is 0 Å². The van der Waals surface area contributed by atoms with E-state index in [9.17, 15) is 13.2 Å². The van der Waals surface area contributed by atoms with E-state index in [0.29, 0.717) is 37.2 Å². The Kier molecular flexibility index (Phi) is 4.20. The van der Waals surface area contributed by atoms with Gasteiger partial charge in [0.25, 0.3) is 0 Å². The highest BCUT2D eigenvalue weighted by Gasteiger charge is 2.31. The molecular formula is C14H16F3N5O. The highest BCUT2D eigenvalue weighted by Crippen LogP contribution is 2.29. The number of pyridine rings is 1. The van der Waals surface area contributed by atoms with Gasteiger partial charge >= 0.3 is 6.18 Å². The van der Waals surface area contributed by atoms with Crippen LogP contribution in [0.5, 0.6) is 0 Å². The maximum atomic E-state index is 12.5.